The molecule has 0 heterocycles. The van der Waals surface area contributed by atoms with Crippen LogP contribution in [0.25, 0.3) is 0 Å². The van der Waals surface area contributed by atoms with Crippen LogP contribution in [0.4, 0.5) is 5.69 Å². The number of rotatable bonds is 3. The first-order valence-corrected chi connectivity index (χ1v) is 7.19. The van der Waals surface area contributed by atoms with E-state index in [0.29, 0.717) is 0 Å². The average Bonchev–Trinajstić information content (AvgIpc) is 2.33. The van der Waals surface area contributed by atoms with Crippen molar-refractivity contribution >= 4 is 17.4 Å². The van der Waals surface area contributed by atoms with Gasteiger partial charge in [-0.25, -0.2) is 0 Å². The van der Waals surface area contributed by atoms with Crippen molar-refractivity contribution in [1.29, 1.82) is 0 Å². The lowest BCUT2D eigenvalue weighted by atomic mass is 9.87. The summed E-state index contributed by atoms with van der Waals surface area (Å²) in [6.45, 7) is 2.33. The first-order chi connectivity index (χ1) is 7.79. The molecule has 1 fully saturated rings. The van der Waals surface area contributed by atoms with E-state index < -0.39 is 0 Å². The first kappa shape index (κ1) is 11.8. The van der Waals surface area contributed by atoms with Gasteiger partial charge in [0.1, 0.15) is 0 Å². The van der Waals surface area contributed by atoms with E-state index in [9.17, 15) is 0 Å². The van der Waals surface area contributed by atoms with Crippen molar-refractivity contribution in [1.82, 2.24) is 0 Å². The smallest absolute Gasteiger partial charge is 0.0314 e. The van der Waals surface area contributed by atoms with E-state index in [1.54, 1.807) is 0 Å². The summed E-state index contributed by atoms with van der Waals surface area (Å²) in [7, 11) is 0. The highest BCUT2D eigenvalue weighted by Gasteiger charge is 2.24. The lowest BCUT2D eigenvalue weighted by Crippen LogP contribution is -2.20. The molecule has 0 radical (unpaired) electrons. The second-order valence-electron chi connectivity index (χ2n) is 4.68. The third kappa shape index (κ3) is 2.94. The molecule has 1 aliphatic rings. The summed E-state index contributed by atoms with van der Waals surface area (Å²) in [4.78, 5) is 1.37. The van der Waals surface area contributed by atoms with Gasteiger partial charge in [0.25, 0.3) is 0 Å². The molecule has 1 aromatic rings. The first-order valence-electron chi connectivity index (χ1n) is 6.32. The minimum atomic E-state index is 0.822. The van der Waals surface area contributed by atoms with Gasteiger partial charge in [0.2, 0.25) is 0 Å². The van der Waals surface area contributed by atoms with E-state index in [0.717, 1.165) is 16.9 Å². The molecule has 2 N–H and O–H groups in total. The second-order valence-corrected chi connectivity index (χ2v) is 5.99. The predicted octanol–water partition coefficient (Wildman–Crippen LogP) is 4.33. The van der Waals surface area contributed by atoms with E-state index in [2.05, 4.69) is 30.8 Å². The molecular formula is C14H21NS. The van der Waals surface area contributed by atoms with Gasteiger partial charge in [-0.1, -0.05) is 26.2 Å². The fraction of sp³-hybridized carbons (Fsp3) is 0.571. The van der Waals surface area contributed by atoms with Crippen LogP contribution in [0.3, 0.4) is 0 Å². The van der Waals surface area contributed by atoms with Gasteiger partial charge < -0.3 is 5.73 Å². The van der Waals surface area contributed by atoms with Crippen molar-refractivity contribution in [2.75, 3.05) is 5.73 Å². The third-order valence-electron chi connectivity index (χ3n) is 3.53. The minimum Gasteiger partial charge on any atom is -0.399 e. The number of hydrogen-bond donors (Lipinski definition) is 1. The molecule has 1 nitrogen and oxygen atoms in total. The van der Waals surface area contributed by atoms with Crippen LogP contribution in [0.5, 0.6) is 0 Å². The average molecular weight is 235 g/mol. The van der Waals surface area contributed by atoms with E-state index in [1.807, 2.05) is 12.1 Å². The standard InChI is InChI=1S/C14H21NS/c1-2-11-5-3-4-6-14(11)16-13-9-7-12(15)8-10-13/h7-11,14H,2-6,15H2,1H3. The fourth-order valence-corrected chi connectivity index (χ4v) is 3.97. The molecule has 2 unspecified atom stereocenters. The van der Waals surface area contributed by atoms with Gasteiger partial charge in [0, 0.05) is 15.8 Å². The van der Waals surface area contributed by atoms with E-state index >= 15 is 0 Å². The Morgan fingerprint density at radius 1 is 1.19 bits per heavy atom. The summed E-state index contributed by atoms with van der Waals surface area (Å²) in [5.41, 5.74) is 6.57. The summed E-state index contributed by atoms with van der Waals surface area (Å²) in [5, 5.41) is 0.822. The minimum absolute atomic E-state index is 0.822. The van der Waals surface area contributed by atoms with Gasteiger partial charge in [-0.2, -0.15) is 0 Å². The maximum Gasteiger partial charge on any atom is 0.0314 e. The molecule has 0 aliphatic heterocycles. The van der Waals surface area contributed by atoms with Gasteiger partial charge in [0.15, 0.2) is 0 Å². The molecule has 1 aromatic carbocycles. The molecule has 0 spiro atoms. The second kappa shape index (κ2) is 5.62. The summed E-state index contributed by atoms with van der Waals surface area (Å²) in [6, 6.07) is 8.32. The largest absolute Gasteiger partial charge is 0.399 e. The Morgan fingerprint density at radius 2 is 1.88 bits per heavy atom. The van der Waals surface area contributed by atoms with Crippen molar-refractivity contribution in [2.24, 2.45) is 5.92 Å². The zero-order valence-electron chi connectivity index (χ0n) is 9.99. The normalized spacial score (nSPS) is 25.6. The summed E-state index contributed by atoms with van der Waals surface area (Å²) in [6.07, 6.45) is 6.96. The van der Waals surface area contributed by atoms with E-state index in [4.69, 9.17) is 5.73 Å². The summed E-state index contributed by atoms with van der Waals surface area (Å²) < 4.78 is 0. The van der Waals surface area contributed by atoms with Crippen LogP contribution < -0.4 is 5.73 Å². The molecule has 0 amide bonds. The molecule has 88 valence electrons. The van der Waals surface area contributed by atoms with Crippen LogP contribution in [0, 0.1) is 5.92 Å². The molecule has 2 atom stereocenters. The number of nitrogens with two attached hydrogens (primary N) is 1. The van der Waals surface area contributed by atoms with Crippen LogP contribution in [0.1, 0.15) is 39.0 Å². The zero-order valence-corrected chi connectivity index (χ0v) is 10.8. The van der Waals surface area contributed by atoms with Gasteiger partial charge in [-0.05, 0) is 43.0 Å². The Balaban J connectivity index is 1.99. The van der Waals surface area contributed by atoms with Crippen molar-refractivity contribution < 1.29 is 0 Å². The Morgan fingerprint density at radius 3 is 2.56 bits per heavy atom. The lowest BCUT2D eigenvalue weighted by molar-refractivity contribution is 0.361. The van der Waals surface area contributed by atoms with Crippen LogP contribution in [-0.2, 0) is 0 Å². The molecule has 0 bridgehead atoms. The van der Waals surface area contributed by atoms with Crippen LogP contribution in [0.2, 0.25) is 0 Å². The van der Waals surface area contributed by atoms with Gasteiger partial charge in [0.05, 0.1) is 0 Å². The quantitative estimate of drug-likeness (QED) is 0.789. The number of nitrogen functional groups attached to an aromatic ring is 1. The lowest BCUT2D eigenvalue weighted by Gasteiger charge is -2.30. The Kier molecular flexibility index (Phi) is 4.16. The van der Waals surface area contributed by atoms with Crippen LogP contribution in [-0.4, -0.2) is 5.25 Å². The Labute approximate surface area is 103 Å². The topological polar surface area (TPSA) is 26.0 Å². The maximum atomic E-state index is 5.70. The zero-order chi connectivity index (χ0) is 11.4. The molecule has 2 rings (SSSR count). The monoisotopic (exact) mass is 235 g/mol. The number of anilines is 1. The van der Waals surface area contributed by atoms with E-state index in [-0.39, 0.29) is 0 Å². The molecule has 1 saturated carbocycles. The number of hydrogen-bond acceptors (Lipinski definition) is 2. The molecule has 1 aliphatic carbocycles. The molecule has 0 saturated heterocycles. The van der Waals surface area contributed by atoms with E-state index in [1.165, 1.54) is 37.0 Å². The van der Waals surface area contributed by atoms with Gasteiger partial charge in [-0.3, -0.25) is 0 Å². The third-order valence-corrected chi connectivity index (χ3v) is 5.00. The summed E-state index contributed by atoms with van der Waals surface area (Å²) >= 11 is 2.05. The molecule has 2 heteroatoms. The van der Waals surface area contributed by atoms with Crippen molar-refractivity contribution in [2.45, 2.75) is 49.2 Å². The Bertz CT molecular complexity index is 320. The van der Waals surface area contributed by atoms with Crippen molar-refractivity contribution in [3.05, 3.63) is 24.3 Å². The van der Waals surface area contributed by atoms with Gasteiger partial charge in [-0.15, -0.1) is 11.8 Å². The van der Waals surface area contributed by atoms with Crippen LogP contribution >= 0.6 is 11.8 Å². The highest BCUT2D eigenvalue weighted by Crippen LogP contribution is 2.38. The SMILES string of the molecule is CCC1CCCCC1Sc1ccc(N)cc1. The van der Waals surface area contributed by atoms with Crippen LogP contribution in [0.15, 0.2) is 29.2 Å². The summed E-state index contributed by atoms with van der Waals surface area (Å²) in [5.74, 6) is 0.913. The Hall–Kier alpha value is -0.630. The van der Waals surface area contributed by atoms with Crippen molar-refractivity contribution in [3.8, 4) is 0 Å². The van der Waals surface area contributed by atoms with Gasteiger partial charge >= 0.3 is 0 Å². The fourth-order valence-electron chi connectivity index (χ4n) is 2.52. The number of benzene rings is 1. The maximum absolute atomic E-state index is 5.70. The molecule has 0 aromatic heterocycles. The highest BCUT2D eigenvalue weighted by molar-refractivity contribution is 8.00. The highest BCUT2D eigenvalue weighted by atomic mass is 32.2. The molecule has 16 heavy (non-hydrogen) atoms. The number of thioether (sulfide) groups is 1. The predicted molar refractivity (Wildman–Crippen MR) is 72.7 cm³/mol. The molecular weight excluding hydrogens is 214 g/mol. The van der Waals surface area contributed by atoms with Crippen molar-refractivity contribution in [3.63, 3.8) is 0 Å².